The number of nitrogens with one attached hydrogen (secondary N) is 1. The fourth-order valence-electron chi connectivity index (χ4n) is 6.91. The number of benzene rings is 2. The Morgan fingerprint density at radius 3 is 2.45 bits per heavy atom. The van der Waals surface area contributed by atoms with Crippen LogP contribution in [0.1, 0.15) is 99.7 Å². The van der Waals surface area contributed by atoms with Gasteiger partial charge in [0.2, 0.25) is 0 Å². The lowest BCUT2D eigenvalue weighted by Crippen LogP contribution is -2.51. The first-order valence-corrected chi connectivity index (χ1v) is 16.1. The Morgan fingerprint density at radius 1 is 1.11 bits per heavy atom. The minimum atomic E-state index is -0.710. The van der Waals surface area contributed by atoms with Crippen molar-refractivity contribution in [3.63, 3.8) is 0 Å². The van der Waals surface area contributed by atoms with E-state index in [0.29, 0.717) is 35.5 Å². The lowest BCUT2D eigenvalue weighted by molar-refractivity contribution is -0.133. The Bertz CT molecular complexity index is 1500. The van der Waals surface area contributed by atoms with Gasteiger partial charge < -0.3 is 10.2 Å². The Labute approximate surface area is 263 Å². The van der Waals surface area contributed by atoms with Gasteiger partial charge in [-0.1, -0.05) is 44.5 Å². The molecule has 2 aliphatic carbocycles. The number of hydrogen-bond donors (Lipinski definition) is 1. The van der Waals surface area contributed by atoms with Crippen molar-refractivity contribution in [2.75, 3.05) is 13.2 Å². The summed E-state index contributed by atoms with van der Waals surface area (Å²) in [7, 11) is 0. The van der Waals surface area contributed by atoms with Gasteiger partial charge in [0.25, 0.3) is 11.8 Å². The summed E-state index contributed by atoms with van der Waals surface area (Å²) in [5.74, 6) is 0.722. The lowest BCUT2D eigenvalue weighted by atomic mass is 9.75. The second-order valence-electron chi connectivity index (χ2n) is 13.5. The van der Waals surface area contributed by atoms with Gasteiger partial charge in [-0.3, -0.25) is 14.6 Å². The standard InChI is InChI=1S/C34H40ClFN6O2/c1-21(2)22-8-12-34(13-9-22)40-30(25-16-26(35)18-27(36)17-25)32(44)42(34)28(10-11-33(3)14-15-33)23-4-6-24(7-5-23)31(43)37-19-29-38-20-39-41-29/h4-7,16-18,21-22,28H,8-15,19-20H2,1-3H3,(H,37,43)/t22?,28-,34?/m1/s1. The number of carbonyl (C=O) groups is 2. The molecule has 232 valence electrons. The van der Waals surface area contributed by atoms with Crippen LogP contribution in [0.25, 0.3) is 0 Å². The number of halogens is 2. The molecule has 2 aliphatic heterocycles. The summed E-state index contributed by atoms with van der Waals surface area (Å²) in [5.41, 5.74) is 1.75. The number of amidine groups is 1. The van der Waals surface area contributed by atoms with Crippen molar-refractivity contribution in [2.24, 2.45) is 37.5 Å². The summed E-state index contributed by atoms with van der Waals surface area (Å²) in [6.07, 6.45) is 7.57. The van der Waals surface area contributed by atoms with Crippen molar-refractivity contribution in [1.82, 2.24) is 10.2 Å². The van der Waals surface area contributed by atoms with Gasteiger partial charge in [-0.2, -0.15) is 5.11 Å². The van der Waals surface area contributed by atoms with Crippen LogP contribution in [-0.4, -0.2) is 47.1 Å². The van der Waals surface area contributed by atoms with E-state index < -0.39 is 11.5 Å². The van der Waals surface area contributed by atoms with E-state index >= 15 is 0 Å². The first-order valence-electron chi connectivity index (χ1n) is 15.7. The molecule has 0 saturated heterocycles. The highest BCUT2D eigenvalue weighted by Gasteiger charge is 2.52. The molecule has 10 heteroatoms. The fourth-order valence-corrected chi connectivity index (χ4v) is 7.13. The predicted molar refractivity (Wildman–Crippen MR) is 170 cm³/mol. The van der Waals surface area contributed by atoms with E-state index in [1.165, 1.54) is 25.0 Å². The number of amides is 2. The summed E-state index contributed by atoms with van der Waals surface area (Å²) in [6, 6.07) is 11.5. The number of nitrogens with zero attached hydrogens (tertiary/aromatic N) is 5. The molecule has 2 saturated carbocycles. The second-order valence-corrected chi connectivity index (χ2v) is 13.9. The second kappa shape index (κ2) is 12.1. The van der Waals surface area contributed by atoms with Crippen LogP contribution in [0.4, 0.5) is 4.39 Å². The van der Waals surface area contributed by atoms with Gasteiger partial charge in [0.05, 0.1) is 12.6 Å². The highest BCUT2D eigenvalue weighted by Crippen LogP contribution is 2.53. The molecule has 2 heterocycles. The van der Waals surface area contributed by atoms with E-state index in [0.717, 1.165) is 44.1 Å². The van der Waals surface area contributed by atoms with Crippen LogP contribution >= 0.6 is 11.6 Å². The van der Waals surface area contributed by atoms with Crippen molar-refractivity contribution in [3.05, 3.63) is 70.0 Å². The maximum Gasteiger partial charge on any atom is 0.275 e. The molecule has 8 nitrogen and oxygen atoms in total. The topological polar surface area (TPSA) is 98.8 Å². The summed E-state index contributed by atoms with van der Waals surface area (Å²) in [4.78, 5) is 38.7. The first-order chi connectivity index (χ1) is 21.1. The van der Waals surface area contributed by atoms with Crippen LogP contribution in [0.2, 0.25) is 5.02 Å². The number of hydrogen-bond acceptors (Lipinski definition) is 6. The van der Waals surface area contributed by atoms with Gasteiger partial charge >= 0.3 is 0 Å². The average molecular weight is 619 g/mol. The number of carbonyl (C=O) groups excluding carboxylic acids is 2. The summed E-state index contributed by atoms with van der Waals surface area (Å²) >= 11 is 6.24. The molecule has 2 fully saturated rings. The quantitative estimate of drug-likeness (QED) is 0.298. The predicted octanol–water partition coefficient (Wildman–Crippen LogP) is 7.53. The van der Waals surface area contributed by atoms with Crippen molar-refractivity contribution >= 4 is 35.0 Å². The molecule has 2 amide bonds. The van der Waals surface area contributed by atoms with Gasteiger partial charge in [0.1, 0.15) is 17.2 Å². The number of azo groups is 1. The van der Waals surface area contributed by atoms with Crippen LogP contribution in [0.3, 0.4) is 0 Å². The van der Waals surface area contributed by atoms with Crippen LogP contribution < -0.4 is 5.32 Å². The van der Waals surface area contributed by atoms with Gasteiger partial charge in [-0.25, -0.2) is 9.38 Å². The molecular weight excluding hydrogens is 579 g/mol. The zero-order valence-corrected chi connectivity index (χ0v) is 26.4. The number of rotatable bonds is 10. The lowest BCUT2D eigenvalue weighted by Gasteiger charge is -2.46. The van der Waals surface area contributed by atoms with E-state index in [9.17, 15) is 14.0 Å². The molecule has 0 bridgehead atoms. The van der Waals surface area contributed by atoms with Gasteiger partial charge in [-0.05, 0) is 105 Å². The zero-order chi connectivity index (χ0) is 31.1. The number of aliphatic imine (C=N–C) groups is 2. The van der Waals surface area contributed by atoms with Crippen molar-refractivity contribution in [1.29, 1.82) is 0 Å². The molecule has 0 aromatic heterocycles. The highest BCUT2D eigenvalue weighted by molar-refractivity contribution is 6.47. The van der Waals surface area contributed by atoms with Crippen molar-refractivity contribution in [3.8, 4) is 0 Å². The molecular formula is C34H40ClFN6O2. The normalized spacial score (nSPS) is 24.5. The summed E-state index contributed by atoms with van der Waals surface area (Å²) in [6.45, 7) is 7.33. The molecule has 44 heavy (non-hydrogen) atoms. The van der Waals surface area contributed by atoms with Crippen LogP contribution in [0.5, 0.6) is 0 Å². The Hall–Kier alpha value is -3.46. The minimum absolute atomic E-state index is 0.186. The van der Waals surface area contributed by atoms with E-state index in [-0.39, 0.29) is 40.6 Å². The highest BCUT2D eigenvalue weighted by atomic mass is 35.5. The third-order valence-corrected chi connectivity index (χ3v) is 10.2. The zero-order valence-electron chi connectivity index (χ0n) is 25.7. The van der Waals surface area contributed by atoms with Gasteiger partial charge in [0.15, 0.2) is 12.5 Å². The maximum absolute atomic E-state index is 14.5. The van der Waals surface area contributed by atoms with Crippen LogP contribution in [0.15, 0.2) is 62.7 Å². The van der Waals surface area contributed by atoms with E-state index in [4.69, 9.17) is 16.6 Å². The summed E-state index contributed by atoms with van der Waals surface area (Å²) in [5, 5.41) is 10.8. The average Bonchev–Trinajstić information content (AvgIpc) is 3.38. The SMILES string of the molecule is CC(C)C1CCC2(CC1)N=C(c1cc(F)cc(Cl)c1)C(=O)N2[C@H](CCC1(C)CC1)c1ccc(C(=O)NCC2=NCN=N2)cc1. The largest absolute Gasteiger partial charge is 0.345 e. The van der Waals surface area contributed by atoms with Crippen molar-refractivity contribution < 1.29 is 14.0 Å². The molecule has 2 aromatic rings. The molecule has 1 atom stereocenters. The monoisotopic (exact) mass is 618 g/mol. The molecule has 0 unspecified atom stereocenters. The minimum Gasteiger partial charge on any atom is -0.345 e. The van der Waals surface area contributed by atoms with Gasteiger partial charge in [0, 0.05) is 16.1 Å². The maximum atomic E-state index is 14.5. The molecule has 1 N–H and O–H groups in total. The Balaban J connectivity index is 1.33. The Kier molecular flexibility index (Phi) is 8.44. The third kappa shape index (κ3) is 6.34. The smallest absolute Gasteiger partial charge is 0.275 e. The summed E-state index contributed by atoms with van der Waals surface area (Å²) < 4.78 is 14.5. The van der Waals surface area contributed by atoms with Crippen LogP contribution in [0, 0.1) is 23.1 Å². The molecule has 1 spiro atoms. The van der Waals surface area contributed by atoms with Gasteiger partial charge in [-0.15, -0.1) is 5.11 Å². The molecule has 6 rings (SSSR count). The van der Waals surface area contributed by atoms with Crippen molar-refractivity contribution in [2.45, 2.75) is 83.8 Å². The fraction of sp³-hybridized carbons (Fsp3) is 0.529. The van der Waals surface area contributed by atoms with Crippen LogP contribution in [-0.2, 0) is 4.79 Å². The molecule has 4 aliphatic rings. The van der Waals surface area contributed by atoms with E-state index in [1.54, 1.807) is 6.07 Å². The molecule has 2 aromatic carbocycles. The Morgan fingerprint density at radius 2 is 1.84 bits per heavy atom. The van der Waals surface area contributed by atoms with E-state index in [1.807, 2.05) is 29.2 Å². The van der Waals surface area contributed by atoms with E-state index in [2.05, 4.69) is 41.3 Å². The first kappa shape index (κ1) is 30.6. The third-order valence-electron chi connectivity index (χ3n) is 10.0. The molecule has 0 radical (unpaired) electrons.